The molecule has 0 bridgehead atoms. The van der Waals surface area contributed by atoms with Crippen molar-refractivity contribution in [1.82, 2.24) is 15.6 Å². The number of aliphatic imine (C=N–C) groups is 1. The molecule has 1 unspecified atom stereocenters. The first kappa shape index (κ1) is 23.1. The number of pyridine rings is 1. The summed E-state index contributed by atoms with van der Waals surface area (Å²) >= 11 is 1.94. The second-order valence-corrected chi connectivity index (χ2v) is 7.01. The summed E-state index contributed by atoms with van der Waals surface area (Å²) in [5.41, 5.74) is -0.756. The molecule has 148 valence electrons. The summed E-state index contributed by atoms with van der Waals surface area (Å²) in [6, 6.07) is 2.30. The van der Waals surface area contributed by atoms with Crippen molar-refractivity contribution in [3.05, 3.63) is 23.9 Å². The minimum atomic E-state index is -4.42. The van der Waals surface area contributed by atoms with E-state index >= 15 is 0 Å². The quantitative estimate of drug-likeness (QED) is 0.230. The van der Waals surface area contributed by atoms with Crippen molar-refractivity contribution in [2.45, 2.75) is 31.2 Å². The number of alkyl halides is 3. The van der Waals surface area contributed by atoms with Gasteiger partial charge >= 0.3 is 6.18 Å². The summed E-state index contributed by atoms with van der Waals surface area (Å²) in [6.07, 6.45) is -0.644. The molecular formula is C16H25F3IN5S. The molecule has 1 aromatic heterocycles. The maximum Gasteiger partial charge on any atom is 0.419 e. The van der Waals surface area contributed by atoms with Crippen LogP contribution < -0.4 is 16.0 Å². The van der Waals surface area contributed by atoms with E-state index in [0.29, 0.717) is 24.3 Å². The molecular weight excluding hydrogens is 478 g/mol. The predicted molar refractivity (Wildman–Crippen MR) is 113 cm³/mol. The van der Waals surface area contributed by atoms with Crippen LogP contribution in [-0.2, 0) is 6.18 Å². The van der Waals surface area contributed by atoms with Crippen LogP contribution in [0, 0.1) is 0 Å². The topological polar surface area (TPSA) is 61.3 Å². The van der Waals surface area contributed by atoms with Gasteiger partial charge < -0.3 is 16.0 Å². The fourth-order valence-corrected chi connectivity index (χ4v) is 3.64. The Labute approximate surface area is 173 Å². The van der Waals surface area contributed by atoms with Crippen molar-refractivity contribution in [2.24, 2.45) is 4.99 Å². The number of hydrogen-bond donors (Lipinski definition) is 3. The van der Waals surface area contributed by atoms with Crippen molar-refractivity contribution in [2.75, 3.05) is 37.2 Å². The van der Waals surface area contributed by atoms with E-state index in [1.54, 1.807) is 0 Å². The Morgan fingerprint density at radius 3 is 2.81 bits per heavy atom. The first-order valence-corrected chi connectivity index (χ1v) is 9.45. The van der Waals surface area contributed by atoms with E-state index < -0.39 is 11.7 Å². The maximum absolute atomic E-state index is 12.9. The van der Waals surface area contributed by atoms with Gasteiger partial charge in [0.05, 0.1) is 12.1 Å². The third-order valence-electron chi connectivity index (χ3n) is 3.64. The molecule has 0 spiro atoms. The second-order valence-electron chi connectivity index (χ2n) is 5.61. The van der Waals surface area contributed by atoms with E-state index in [0.717, 1.165) is 19.2 Å². The van der Waals surface area contributed by atoms with Gasteiger partial charge in [0.2, 0.25) is 0 Å². The standard InChI is InChI=1S/C16H24F3N5S.HI/c1-2-20-15(24-11-12-5-4-10-25-12)23-9-8-22-14-13(16(17,18)19)6-3-7-21-14;/h3,6-7,12H,2,4-5,8-11H2,1H3,(H,21,22)(H2,20,23,24);1H. The van der Waals surface area contributed by atoms with Gasteiger partial charge in [0.25, 0.3) is 0 Å². The normalized spacial score (nSPS) is 17.5. The zero-order valence-corrected chi connectivity index (χ0v) is 17.8. The second kappa shape index (κ2) is 11.7. The molecule has 2 rings (SSSR count). The molecule has 5 nitrogen and oxygen atoms in total. The average Bonchev–Trinajstić information content (AvgIpc) is 3.09. The number of hydrogen-bond acceptors (Lipinski definition) is 4. The first-order chi connectivity index (χ1) is 12.0. The van der Waals surface area contributed by atoms with E-state index in [1.165, 1.54) is 30.9 Å². The van der Waals surface area contributed by atoms with Gasteiger partial charge in [-0.2, -0.15) is 24.9 Å². The zero-order valence-electron chi connectivity index (χ0n) is 14.6. The lowest BCUT2D eigenvalue weighted by Crippen LogP contribution is -2.40. The fourth-order valence-electron chi connectivity index (χ4n) is 2.46. The number of rotatable bonds is 7. The zero-order chi connectivity index (χ0) is 18.1. The Hall–Kier alpha value is -0.910. The number of nitrogens with zero attached hydrogens (tertiary/aromatic N) is 2. The number of guanidine groups is 1. The summed E-state index contributed by atoms with van der Waals surface area (Å²) < 4.78 is 38.7. The van der Waals surface area contributed by atoms with Crippen molar-refractivity contribution >= 4 is 47.5 Å². The molecule has 1 aliphatic heterocycles. The van der Waals surface area contributed by atoms with E-state index in [1.807, 2.05) is 18.7 Å². The van der Waals surface area contributed by atoms with Crippen LogP contribution in [0.5, 0.6) is 0 Å². The molecule has 2 heterocycles. The first-order valence-electron chi connectivity index (χ1n) is 8.40. The summed E-state index contributed by atoms with van der Waals surface area (Å²) in [6.45, 7) is 4.21. The Kier molecular flexibility index (Phi) is 10.4. The van der Waals surface area contributed by atoms with Crippen molar-refractivity contribution < 1.29 is 13.2 Å². The van der Waals surface area contributed by atoms with E-state index in [-0.39, 0.29) is 29.8 Å². The largest absolute Gasteiger partial charge is 0.419 e. The number of anilines is 1. The minimum Gasteiger partial charge on any atom is -0.368 e. The van der Waals surface area contributed by atoms with Gasteiger partial charge in [-0.3, -0.25) is 4.99 Å². The lowest BCUT2D eigenvalue weighted by Gasteiger charge is -2.15. The van der Waals surface area contributed by atoms with Crippen LogP contribution in [-0.4, -0.2) is 48.1 Å². The molecule has 3 N–H and O–H groups in total. The third-order valence-corrected chi connectivity index (χ3v) is 5.02. The molecule has 0 radical (unpaired) electrons. The minimum absolute atomic E-state index is 0. The number of nitrogens with one attached hydrogen (secondary N) is 3. The summed E-state index contributed by atoms with van der Waals surface area (Å²) in [7, 11) is 0. The molecule has 0 aliphatic carbocycles. The van der Waals surface area contributed by atoms with Crippen molar-refractivity contribution in [3.63, 3.8) is 0 Å². The molecule has 0 aromatic carbocycles. The lowest BCUT2D eigenvalue weighted by molar-refractivity contribution is -0.137. The van der Waals surface area contributed by atoms with Crippen LogP contribution in [0.4, 0.5) is 19.0 Å². The van der Waals surface area contributed by atoms with Crippen LogP contribution >= 0.6 is 35.7 Å². The Bertz CT molecular complexity index is 565. The predicted octanol–water partition coefficient (Wildman–Crippen LogP) is 3.58. The third kappa shape index (κ3) is 7.77. The van der Waals surface area contributed by atoms with Crippen molar-refractivity contribution in [3.8, 4) is 0 Å². The summed E-state index contributed by atoms with van der Waals surface area (Å²) in [5, 5.41) is 9.58. The number of thioether (sulfide) groups is 1. The molecule has 1 fully saturated rings. The molecule has 0 saturated carbocycles. The van der Waals surface area contributed by atoms with Crippen molar-refractivity contribution in [1.29, 1.82) is 0 Å². The Balaban J connectivity index is 0.00000338. The smallest absolute Gasteiger partial charge is 0.368 e. The summed E-state index contributed by atoms with van der Waals surface area (Å²) in [5.74, 6) is 1.73. The van der Waals surface area contributed by atoms with Gasteiger partial charge in [-0.05, 0) is 37.7 Å². The van der Waals surface area contributed by atoms with Crippen LogP contribution in [0.15, 0.2) is 23.3 Å². The van der Waals surface area contributed by atoms with Gasteiger partial charge in [-0.1, -0.05) is 0 Å². The van der Waals surface area contributed by atoms with Crippen LogP contribution in [0.25, 0.3) is 0 Å². The summed E-state index contributed by atoms with van der Waals surface area (Å²) in [4.78, 5) is 8.33. The van der Waals surface area contributed by atoms with Gasteiger partial charge in [0.15, 0.2) is 5.96 Å². The molecule has 1 aliphatic rings. The maximum atomic E-state index is 12.9. The average molecular weight is 503 g/mol. The van der Waals surface area contributed by atoms with E-state index in [4.69, 9.17) is 0 Å². The highest BCUT2D eigenvalue weighted by atomic mass is 127. The van der Waals surface area contributed by atoms with Gasteiger partial charge in [0, 0.05) is 31.1 Å². The highest BCUT2D eigenvalue weighted by molar-refractivity contribution is 14.0. The van der Waals surface area contributed by atoms with Gasteiger partial charge in [-0.25, -0.2) is 4.98 Å². The van der Waals surface area contributed by atoms with E-state index in [2.05, 4.69) is 25.9 Å². The van der Waals surface area contributed by atoms with E-state index in [9.17, 15) is 13.2 Å². The Morgan fingerprint density at radius 2 is 2.15 bits per heavy atom. The molecule has 0 amide bonds. The lowest BCUT2D eigenvalue weighted by atomic mass is 10.2. The highest BCUT2D eigenvalue weighted by Crippen LogP contribution is 2.33. The molecule has 1 aromatic rings. The van der Waals surface area contributed by atoms with Gasteiger partial charge in [0.1, 0.15) is 5.82 Å². The van der Waals surface area contributed by atoms with Gasteiger partial charge in [-0.15, -0.1) is 24.0 Å². The molecule has 10 heteroatoms. The highest BCUT2D eigenvalue weighted by Gasteiger charge is 2.33. The molecule has 1 saturated heterocycles. The SMILES string of the molecule is CCNC(=NCC1CCCS1)NCCNc1ncccc1C(F)(F)F.I. The molecule has 1 atom stereocenters. The Morgan fingerprint density at radius 1 is 1.35 bits per heavy atom. The molecule has 26 heavy (non-hydrogen) atoms. The van der Waals surface area contributed by atoms with Crippen LogP contribution in [0.3, 0.4) is 0 Å². The monoisotopic (exact) mass is 503 g/mol. The van der Waals surface area contributed by atoms with Crippen LogP contribution in [0.1, 0.15) is 25.3 Å². The fraction of sp³-hybridized carbons (Fsp3) is 0.625. The number of halogens is 4. The van der Waals surface area contributed by atoms with Crippen LogP contribution in [0.2, 0.25) is 0 Å². The number of aromatic nitrogens is 1.